The van der Waals surface area contributed by atoms with Crippen LogP contribution in [-0.2, 0) is 7.05 Å². The molecular weight excluding hydrogens is 454 g/mol. The highest BCUT2D eigenvalue weighted by Crippen LogP contribution is 2.39. The molecule has 0 unspecified atom stereocenters. The fraction of sp³-hybridized carbons (Fsp3) is 0.100. The molecule has 5 aromatic rings. The van der Waals surface area contributed by atoms with Crippen molar-refractivity contribution in [1.29, 1.82) is 0 Å². The molecule has 0 saturated heterocycles. The minimum atomic E-state index is -1.00. The average Bonchev–Trinajstić information content (AvgIpc) is 2.85. The summed E-state index contributed by atoms with van der Waals surface area (Å²) in [4.78, 5) is 24.0. The van der Waals surface area contributed by atoms with Crippen LogP contribution in [0.4, 0.5) is 0 Å². The van der Waals surface area contributed by atoms with Crippen molar-refractivity contribution in [3.05, 3.63) is 95.1 Å². The molecule has 1 heterocycles. The smallest absolute Gasteiger partial charge is 0.337 e. The van der Waals surface area contributed by atoms with Crippen LogP contribution in [0.1, 0.15) is 31.8 Å². The molecule has 0 aliphatic heterocycles. The van der Waals surface area contributed by atoms with E-state index < -0.39 is 11.9 Å². The Kier molecular flexibility index (Phi) is 5.44. The first-order chi connectivity index (χ1) is 17.2. The Morgan fingerprint density at radius 2 is 1.39 bits per heavy atom. The Bertz CT molecular complexity index is 1740. The van der Waals surface area contributed by atoms with Crippen molar-refractivity contribution in [2.45, 2.75) is 13.8 Å². The van der Waals surface area contributed by atoms with Crippen LogP contribution >= 0.6 is 0 Å². The number of phenolic OH excluding ortho intramolecular Hbond substituents is 1. The molecule has 4 aromatic carbocycles. The summed E-state index contributed by atoms with van der Waals surface area (Å²) in [5.74, 6) is -1.91. The van der Waals surface area contributed by atoms with Gasteiger partial charge in [-0.05, 0) is 83.6 Å². The third-order valence-corrected chi connectivity index (χ3v) is 7.00. The number of para-hydroxylation sites is 1. The highest BCUT2D eigenvalue weighted by Gasteiger charge is 2.23. The number of fused-ring (bicyclic) bond motifs is 2. The van der Waals surface area contributed by atoms with E-state index in [0.29, 0.717) is 16.3 Å². The minimum Gasteiger partial charge on any atom is -0.508 e. The standard InChI is InChI=1S/C30H23NO5/c1-16-17(2)21(29(33)34)12-11-20(16)24-15-19(32)9-10-22(24)18-8-13-27-25(14-18)28(30(35)36)23-6-4-5-7-26(23)31(27)3/h4-15H,1-3H3,(H2-,32,33,34,35,36)/p+1. The maximum absolute atomic E-state index is 12.4. The Morgan fingerprint density at radius 3 is 2.11 bits per heavy atom. The average molecular weight is 479 g/mol. The number of aromatic hydroxyl groups is 1. The van der Waals surface area contributed by atoms with Gasteiger partial charge in [-0.3, -0.25) is 0 Å². The molecule has 0 radical (unpaired) electrons. The number of hydrogen-bond acceptors (Lipinski definition) is 3. The van der Waals surface area contributed by atoms with E-state index in [1.807, 2.05) is 61.0 Å². The largest absolute Gasteiger partial charge is 0.508 e. The van der Waals surface area contributed by atoms with Crippen molar-refractivity contribution in [2.24, 2.45) is 7.05 Å². The minimum absolute atomic E-state index is 0.0810. The van der Waals surface area contributed by atoms with Crippen molar-refractivity contribution < 1.29 is 29.5 Å². The highest BCUT2D eigenvalue weighted by atomic mass is 16.4. The van der Waals surface area contributed by atoms with Gasteiger partial charge in [-0.25, -0.2) is 9.59 Å². The zero-order valence-corrected chi connectivity index (χ0v) is 20.0. The second kappa shape index (κ2) is 8.50. The predicted molar refractivity (Wildman–Crippen MR) is 139 cm³/mol. The number of nitrogens with zero attached hydrogens (tertiary/aromatic N) is 1. The number of carboxylic acids is 2. The van der Waals surface area contributed by atoms with Gasteiger partial charge < -0.3 is 15.3 Å². The fourth-order valence-electron chi connectivity index (χ4n) is 5.03. The third-order valence-electron chi connectivity index (χ3n) is 7.00. The molecular formula is C30H24NO5+. The fourth-order valence-corrected chi connectivity index (χ4v) is 5.03. The number of carbonyl (C=O) groups is 2. The van der Waals surface area contributed by atoms with Gasteiger partial charge in [0.05, 0.1) is 21.9 Å². The van der Waals surface area contributed by atoms with Crippen molar-refractivity contribution in [3.63, 3.8) is 0 Å². The van der Waals surface area contributed by atoms with E-state index in [2.05, 4.69) is 0 Å². The molecule has 178 valence electrons. The second-order valence-electron chi connectivity index (χ2n) is 8.93. The summed E-state index contributed by atoms with van der Waals surface area (Å²) in [6, 6.07) is 21.5. The van der Waals surface area contributed by atoms with Gasteiger partial charge in [0.15, 0.2) is 0 Å². The summed E-state index contributed by atoms with van der Waals surface area (Å²) in [7, 11) is 1.91. The predicted octanol–water partition coefficient (Wildman–Crippen LogP) is 5.87. The van der Waals surface area contributed by atoms with E-state index in [0.717, 1.165) is 38.9 Å². The van der Waals surface area contributed by atoms with Gasteiger partial charge >= 0.3 is 11.9 Å². The van der Waals surface area contributed by atoms with Crippen LogP contribution in [0, 0.1) is 13.8 Å². The third kappa shape index (κ3) is 3.55. The van der Waals surface area contributed by atoms with Crippen molar-refractivity contribution >= 4 is 33.7 Å². The summed E-state index contributed by atoms with van der Waals surface area (Å²) in [5.41, 5.74) is 6.64. The zero-order chi connectivity index (χ0) is 25.7. The number of pyridine rings is 1. The van der Waals surface area contributed by atoms with E-state index in [1.54, 1.807) is 37.3 Å². The van der Waals surface area contributed by atoms with Crippen LogP contribution in [0.2, 0.25) is 0 Å². The van der Waals surface area contributed by atoms with Crippen molar-refractivity contribution in [2.75, 3.05) is 0 Å². The topological polar surface area (TPSA) is 98.7 Å². The van der Waals surface area contributed by atoms with Crippen LogP contribution in [0.5, 0.6) is 5.75 Å². The van der Waals surface area contributed by atoms with E-state index in [4.69, 9.17) is 0 Å². The first kappa shape index (κ1) is 23.1. The molecule has 0 amide bonds. The summed E-state index contributed by atoms with van der Waals surface area (Å²) in [6.45, 7) is 3.63. The molecule has 0 aliphatic carbocycles. The van der Waals surface area contributed by atoms with E-state index in [9.17, 15) is 24.9 Å². The summed E-state index contributed by atoms with van der Waals surface area (Å²) in [5, 5.41) is 31.2. The molecule has 0 bridgehead atoms. The Morgan fingerprint density at radius 1 is 0.694 bits per heavy atom. The lowest BCUT2D eigenvalue weighted by Gasteiger charge is -2.16. The molecule has 36 heavy (non-hydrogen) atoms. The molecule has 0 fully saturated rings. The van der Waals surface area contributed by atoms with Crippen LogP contribution < -0.4 is 4.57 Å². The van der Waals surface area contributed by atoms with Gasteiger partial charge in [-0.1, -0.05) is 24.3 Å². The van der Waals surface area contributed by atoms with Gasteiger partial charge in [0, 0.05) is 12.1 Å². The second-order valence-corrected chi connectivity index (χ2v) is 8.93. The van der Waals surface area contributed by atoms with Crippen LogP contribution in [0.15, 0.2) is 72.8 Å². The first-order valence-electron chi connectivity index (χ1n) is 11.4. The zero-order valence-electron chi connectivity index (χ0n) is 20.0. The molecule has 3 N–H and O–H groups in total. The van der Waals surface area contributed by atoms with E-state index in [-0.39, 0.29) is 16.9 Å². The van der Waals surface area contributed by atoms with Crippen LogP contribution in [0.25, 0.3) is 44.1 Å². The maximum Gasteiger partial charge on any atom is 0.337 e. The lowest BCUT2D eigenvalue weighted by molar-refractivity contribution is -0.617. The monoisotopic (exact) mass is 478 g/mol. The Balaban J connectivity index is 1.81. The normalized spacial score (nSPS) is 11.2. The van der Waals surface area contributed by atoms with Crippen LogP contribution in [0.3, 0.4) is 0 Å². The Labute approximate surface area is 207 Å². The van der Waals surface area contributed by atoms with Crippen LogP contribution in [-0.4, -0.2) is 27.3 Å². The summed E-state index contributed by atoms with van der Waals surface area (Å²) in [6.07, 6.45) is 0. The van der Waals surface area contributed by atoms with Gasteiger partial charge in [0.1, 0.15) is 12.8 Å². The molecule has 0 atom stereocenters. The molecule has 0 spiro atoms. The number of aromatic nitrogens is 1. The quantitative estimate of drug-likeness (QED) is 0.222. The molecule has 0 aliphatic rings. The van der Waals surface area contributed by atoms with Gasteiger partial charge in [0.2, 0.25) is 11.0 Å². The first-order valence-corrected chi connectivity index (χ1v) is 11.4. The number of hydrogen-bond donors (Lipinski definition) is 3. The van der Waals surface area contributed by atoms with Crippen molar-refractivity contribution in [1.82, 2.24) is 0 Å². The van der Waals surface area contributed by atoms with Crippen molar-refractivity contribution in [3.8, 4) is 28.0 Å². The van der Waals surface area contributed by atoms with E-state index in [1.165, 1.54) is 0 Å². The number of phenols is 1. The molecule has 6 nitrogen and oxygen atoms in total. The number of carboxylic acid groups (broad SMARTS) is 2. The van der Waals surface area contributed by atoms with Gasteiger partial charge in [-0.15, -0.1) is 0 Å². The highest BCUT2D eigenvalue weighted by molar-refractivity contribution is 6.13. The number of rotatable bonds is 4. The van der Waals surface area contributed by atoms with Gasteiger partial charge in [0.25, 0.3) is 0 Å². The van der Waals surface area contributed by atoms with Gasteiger partial charge in [-0.2, -0.15) is 4.57 Å². The molecule has 5 rings (SSSR count). The Hall–Kier alpha value is -4.71. The maximum atomic E-state index is 12.4. The molecule has 1 aromatic heterocycles. The summed E-state index contributed by atoms with van der Waals surface area (Å²) >= 11 is 0. The SMILES string of the molecule is Cc1c(C(=O)O)ccc(-c2cc(O)ccc2-c2ccc3c(c2)c(C(=O)O)c2ccccc2[n+]3C)c1C. The molecule has 6 heteroatoms. The lowest BCUT2D eigenvalue weighted by atomic mass is 9.88. The number of aromatic carboxylic acids is 2. The summed E-state index contributed by atoms with van der Waals surface area (Å²) < 4.78 is 1.98. The number of benzene rings is 4. The lowest BCUT2D eigenvalue weighted by Crippen LogP contribution is -2.31. The number of aryl methyl sites for hydroxylation is 1. The van der Waals surface area contributed by atoms with E-state index >= 15 is 0 Å². The molecule has 0 saturated carbocycles.